The van der Waals surface area contributed by atoms with Gasteiger partial charge in [-0.05, 0) is 44.0 Å². The molecular weight excluding hydrogens is 412 g/mol. The van der Waals surface area contributed by atoms with Crippen molar-refractivity contribution in [1.29, 1.82) is 0 Å². The minimum Gasteiger partial charge on any atom is -0.493 e. The number of nitrogens with one attached hydrogen (secondary N) is 1. The van der Waals surface area contributed by atoms with Gasteiger partial charge in [0.2, 0.25) is 5.01 Å². The second-order valence-electron chi connectivity index (χ2n) is 7.29. The molecule has 0 bridgehead atoms. The number of para-hydroxylation sites is 2. The summed E-state index contributed by atoms with van der Waals surface area (Å²) in [5.74, 6) is 0.352. The molecule has 2 heterocycles. The second-order valence-corrected chi connectivity index (χ2v) is 8.29. The standard InChI is InChI=1S/C23H24N4O3S/c1-2-30-19-13-7-6-12-18(19)23(29)27-14-8-9-16(15-27)21-25-26-22(31-21)20(28)24-17-10-4-3-5-11-17/h3-7,10-13,16H,2,8-9,14-15H2,1H3,(H,24,28)/t16-/m0/s1. The lowest BCUT2D eigenvalue weighted by Gasteiger charge is -2.32. The molecule has 0 spiro atoms. The van der Waals surface area contributed by atoms with Gasteiger partial charge in [-0.15, -0.1) is 10.2 Å². The van der Waals surface area contributed by atoms with Crippen molar-refractivity contribution in [3.8, 4) is 5.75 Å². The number of carbonyl (C=O) groups excluding carboxylic acids is 2. The molecule has 1 fully saturated rings. The zero-order valence-electron chi connectivity index (χ0n) is 17.3. The average molecular weight is 437 g/mol. The van der Waals surface area contributed by atoms with Crippen LogP contribution >= 0.6 is 11.3 Å². The summed E-state index contributed by atoms with van der Waals surface area (Å²) in [6.45, 7) is 3.65. The number of aromatic nitrogens is 2. The molecule has 1 N–H and O–H groups in total. The van der Waals surface area contributed by atoms with Gasteiger partial charge in [0.05, 0.1) is 12.2 Å². The number of rotatable bonds is 6. The van der Waals surface area contributed by atoms with E-state index in [4.69, 9.17) is 4.74 Å². The van der Waals surface area contributed by atoms with Gasteiger partial charge in [0.15, 0.2) is 0 Å². The maximum atomic E-state index is 13.1. The fourth-order valence-corrected chi connectivity index (χ4v) is 4.52. The van der Waals surface area contributed by atoms with E-state index in [1.807, 2.05) is 60.4 Å². The van der Waals surface area contributed by atoms with Crippen molar-refractivity contribution >= 4 is 28.8 Å². The smallest absolute Gasteiger partial charge is 0.286 e. The first-order valence-corrected chi connectivity index (χ1v) is 11.2. The zero-order valence-corrected chi connectivity index (χ0v) is 18.1. The molecule has 31 heavy (non-hydrogen) atoms. The lowest BCUT2D eigenvalue weighted by molar-refractivity contribution is 0.0702. The minimum atomic E-state index is -0.274. The van der Waals surface area contributed by atoms with Crippen LogP contribution in [0.2, 0.25) is 0 Å². The van der Waals surface area contributed by atoms with Gasteiger partial charge < -0.3 is 15.0 Å². The Morgan fingerprint density at radius 2 is 1.90 bits per heavy atom. The molecule has 8 heteroatoms. The molecule has 1 aliphatic heterocycles. The van der Waals surface area contributed by atoms with E-state index >= 15 is 0 Å². The number of carbonyl (C=O) groups is 2. The van der Waals surface area contributed by atoms with Crippen molar-refractivity contribution in [3.63, 3.8) is 0 Å². The summed E-state index contributed by atoms with van der Waals surface area (Å²) in [7, 11) is 0. The summed E-state index contributed by atoms with van der Waals surface area (Å²) in [4.78, 5) is 27.5. The average Bonchev–Trinajstić information content (AvgIpc) is 3.31. The third-order valence-corrected chi connectivity index (χ3v) is 6.23. The second kappa shape index (κ2) is 9.70. The maximum Gasteiger partial charge on any atom is 0.286 e. The van der Waals surface area contributed by atoms with Crippen molar-refractivity contribution in [2.24, 2.45) is 0 Å². The molecule has 1 aromatic heterocycles. The molecule has 0 radical (unpaired) electrons. The minimum absolute atomic E-state index is 0.0414. The summed E-state index contributed by atoms with van der Waals surface area (Å²) < 4.78 is 5.63. The number of hydrogen-bond donors (Lipinski definition) is 1. The van der Waals surface area contributed by atoms with Crippen LogP contribution in [0.3, 0.4) is 0 Å². The SMILES string of the molecule is CCOc1ccccc1C(=O)N1CCC[C@H](c2nnc(C(=O)Nc3ccccc3)s2)C1. The first kappa shape index (κ1) is 21.0. The molecule has 160 valence electrons. The quantitative estimate of drug-likeness (QED) is 0.626. The molecule has 1 atom stereocenters. The molecule has 2 aromatic carbocycles. The van der Waals surface area contributed by atoms with Crippen LogP contribution in [-0.2, 0) is 0 Å². The normalized spacial score (nSPS) is 16.0. The number of nitrogens with zero attached hydrogens (tertiary/aromatic N) is 3. The van der Waals surface area contributed by atoms with Crippen LogP contribution in [0.5, 0.6) is 5.75 Å². The summed E-state index contributed by atoms with van der Waals surface area (Å²) >= 11 is 1.29. The molecule has 7 nitrogen and oxygen atoms in total. The molecule has 1 saturated heterocycles. The van der Waals surface area contributed by atoms with E-state index in [0.29, 0.717) is 41.7 Å². The van der Waals surface area contributed by atoms with Crippen LogP contribution in [0.1, 0.15) is 50.9 Å². The fourth-order valence-electron chi connectivity index (χ4n) is 3.66. The van der Waals surface area contributed by atoms with E-state index in [2.05, 4.69) is 15.5 Å². The van der Waals surface area contributed by atoms with Crippen LogP contribution in [0.15, 0.2) is 54.6 Å². The summed E-state index contributed by atoms with van der Waals surface area (Å²) in [5, 5.41) is 12.3. The lowest BCUT2D eigenvalue weighted by atomic mass is 9.98. The van der Waals surface area contributed by atoms with Gasteiger partial charge in [-0.2, -0.15) is 0 Å². The molecule has 0 saturated carbocycles. The van der Waals surface area contributed by atoms with Crippen LogP contribution < -0.4 is 10.1 Å². The Kier molecular flexibility index (Phi) is 6.57. The van der Waals surface area contributed by atoms with Crippen molar-refractivity contribution < 1.29 is 14.3 Å². The van der Waals surface area contributed by atoms with Gasteiger partial charge in [0.1, 0.15) is 10.8 Å². The highest BCUT2D eigenvalue weighted by molar-refractivity contribution is 7.13. The molecule has 0 aliphatic carbocycles. The van der Waals surface area contributed by atoms with E-state index in [1.54, 1.807) is 6.07 Å². The lowest BCUT2D eigenvalue weighted by Crippen LogP contribution is -2.39. The number of benzene rings is 2. The molecule has 2 amide bonds. The zero-order chi connectivity index (χ0) is 21.6. The Bertz CT molecular complexity index is 1050. The van der Waals surface area contributed by atoms with Crippen molar-refractivity contribution in [2.45, 2.75) is 25.7 Å². The Balaban J connectivity index is 1.44. The van der Waals surface area contributed by atoms with Gasteiger partial charge in [-0.25, -0.2) is 0 Å². The molecule has 3 aromatic rings. The Hall–Kier alpha value is -3.26. The van der Waals surface area contributed by atoms with Crippen LogP contribution in [0, 0.1) is 0 Å². The molecular formula is C23H24N4O3S. The summed E-state index contributed by atoms with van der Waals surface area (Å²) in [6, 6.07) is 16.6. The van der Waals surface area contributed by atoms with E-state index in [-0.39, 0.29) is 17.7 Å². The number of anilines is 1. The monoisotopic (exact) mass is 436 g/mol. The van der Waals surface area contributed by atoms with Crippen molar-refractivity contribution in [1.82, 2.24) is 15.1 Å². The molecule has 0 unspecified atom stereocenters. The van der Waals surface area contributed by atoms with E-state index in [9.17, 15) is 9.59 Å². The first-order chi connectivity index (χ1) is 15.2. The van der Waals surface area contributed by atoms with Gasteiger partial charge in [0.25, 0.3) is 11.8 Å². The van der Waals surface area contributed by atoms with Crippen LogP contribution in [0.25, 0.3) is 0 Å². The maximum absolute atomic E-state index is 13.1. The van der Waals surface area contributed by atoms with E-state index in [0.717, 1.165) is 17.8 Å². The topological polar surface area (TPSA) is 84.4 Å². The third kappa shape index (κ3) is 4.91. The Morgan fingerprint density at radius 3 is 2.71 bits per heavy atom. The summed E-state index contributed by atoms with van der Waals surface area (Å²) in [6.07, 6.45) is 1.78. The predicted molar refractivity (Wildman–Crippen MR) is 120 cm³/mol. The van der Waals surface area contributed by atoms with Crippen LogP contribution in [0.4, 0.5) is 5.69 Å². The van der Waals surface area contributed by atoms with Crippen LogP contribution in [-0.4, -0.2) is 46.6 Å². The van der Waals surface area contributed by atoms with Gasteiger partial charge >= 0.3 is 0 Å². The Labute approximate surface area is 185 Å². The third-order valence-electron chi connectivity index (χ3n) is 5.14. The van der Waals surface area contributed by atoms with E-state index in [1.165, 1.54) is 11.3 Å². The summed E-state index contributed by atoms with van der Waals surface area (Å²) in [5.41, 5.74) is 1.29. The number of ether oxygens (including phenoxy) is 1. The molecule has 4 rings (SSSR count). The highest BCUT2D eigenvalue weighted by Gasteiger charge is 2.29. The van der Waals surface area contributed by atoms with Gasteiger partial charge in [-0.1, -0.05) is 41.7 Å². The Morgan fingerprint density at radius 1 is 1.13 bits per heavy atom. The number of amides is 2. The fraction of sp³-hybridized carbons (Fsp3) is 0.304. The van der Waals surface area contributed by atoms with Gasteiger partial charge in [0, 0.05) is 24.7 Å². The number of hydrogen-bond acceptors (Lipinski definition) is 6. The first-order valence-electron chi connectivity index (χ1n) is 10.4. The predicted octanol–water partition coefficient (Wildman–Crippen LogP) is 4.21. The van der Waals surface area contributed by atoms with Crippen molar-refractivity contribution in [2.75, 3.05) is 25.0 Å². The van der Waals surface area contributed by atoms with Gasteiger partial charge in [-0.3, -0.25) is 9.59 Å². The van der Waals surface area contributed by atoms with E-state index < -0.39 is 0 Å². The van der Waals surface area contributed by atoms with Crippen molar-refractivity contribution in [3.05, 3.63) is 70.2 Å². The number of likely N-dealkylation sites (tertiary alicyclic amines) is 1. The highest BCUT2D eigenvalue weighted by Crippen LogP contribution is 2.31. The highest BCUT2D eigenvalue weighted by atomic mass is 32.1. The largest absolute Gasteiger partial charge is 0.493 e. The number of piperidine rings is 1. The molecule has 1 aliphatic rings.